The highest BCUT2D eigenvalue weighted by Gasteiger charge is 2.16. The number of anilines is 1. The van der Waals surface area contributed by atoms with Crippen molar-refractivity contribution in [3.63, 3.8) is 0 Å². The van der Waals surface area contributed by atoms with Gasteiger partial charge in [0, 0.05) is 17.0 Å². The van der Waals surface area contributed by atoms with Gasteiger partial charge < -0.3 is 10.1 Å². The quantitative estimate of drug-likeness (QED) is 0.233. The third-order valence-electron chi connectivity index (χ3n) is 4.98. The van der Waals surface area contributed by atoms with Crippen LogP contribution in [-0.4, -0.2) is 31.4 Å². The Kier molecular flexibility index (Phi) is 7.76. The van der Waals surface area contributed by atoms with E-state index in [4.69, 9.17) is 4.74 Å². The zero-order valence-electron chi connectivity index (χ0n) is 19.0. The van der Waals surface area contributed by atoms with E-state index < -0.39 is 0 Å². The van der Waals surface area contributed by atoms with E-state index in [1.807, 2.05) is 73.0 Å². The van der Waals surface area contributed by atoms with Crippen LogP contribution < -0.4 is 10.1 Å². The number of aryl methyl sites for hydroxylation is 2. The molecule has 0 radical (unpaired) electrons. The van der Waals surface area contributed by atoms with E-state index >= 15 is 0 Å². The fourth-order valence-corrected chi connectivity index (χ4v) is 4.92. The first kappa shape index (κ1) is 23.7. The van der Waals surface area contributed by atoms with Gasteiger partial charge in [-0.05, 0) is 25.5 Å². The number of hydrogen-bond donors (Lipinski definition) is 1. The first-order chi connectivity index (χ1) is 16.5. The van der Waals surface area contributed by atoms with Gasteiger partial charge in [0.25, 0.3) is 0 Å². The van der Waals surface area contributed by atoms with Crippen molar-refractivity contribution >= 4 is 34.1 Å². The number of thioether (sulfide) groups is 1. The predicted molar refractivity (Wildman–Crippen MR) is 137 cm³/mol. The Morgan fingerprint density at radius 2 is 1.91 bits per heavy atom. The Bertz CT molecular complexity index is 1280. The van der Waals surface area contributed by atoms with E-state index in [1.54, 1.807) is 6.08 Å². The Morgan fingerprint density at radius 3 is 2.68 bits per heavy atom. The van der Waals surface area contributed by atoms with Crippen LogP contribution in [0.5, 0.6) is 5.75 Å². The Hall–Kier alpha value is -3.43. The number of carbonyl (C=O) groups is 1. The van der Waals surface area contributed by atoms with Crippen molar-refractivity contribution in [3.05, 3.63) is 83.5 Å². The molecule has 9 heteroatoms. The number of amides is 1. The van der Waals surface area contributed by atoms with Crippen LogP contribution in [0, 0.1) is 13.8 Å². The minimum atomic E-state index is -0.149. The molecule has 0 aliphatic carbocycles. The third kappa shape index (κ3) is 5.73. The van der Waals surface area contributed by atoms with E-state index in [-0.39, 0.29) is 18.3 Å². The van der Waals surface area contributed by atoms with Crippen molar-refractivity contribution in [2.75, 3.05) is 11.1 Å². The number of aromatic nitrogens is 4. The van der Waals surface area contributed by atoms with Gasteiger partial charge in [0.1, 0.15) is 12.4 Å². The highest BCUT2D eigenvalue weighted by atomic mass is 32.2. The molecule has 2 heterocycles. The number of para-hydroxylation sites is 1. The molecular weight excluding hydrogens is 466 g/mol. The van der Waals surface area contributed by atoms with E-state index in [0.717, 1.165) is 27.4 Å². The standard InChI is InChI=1S/C25H25N5O2S2/c1-4-14-30-21(15-32-20-13-9-8-10-17(20)2)28-29-25(30)33-16-22(31)26-24-27-23(18(3)34-24)19-11-6-5-7-12-19/h4-13H,1,14-16H2,2-3H3,(H,26,27,31). The molecule has 2 aromatic carbocycles. The highest BCUT2D eigenvalue weighted by molar-refractivity contribution is 7.99. The number of ether oxygens (including phenoxy) is 1. The predicted octanol–water partition coefficient (Wildman–Crippen LogP) is 5.51. The van der Waals surface area contributed by atoms with Gasteiger partial charge in [-0.15, -0.1) is 28.1 Å². The molecule has 0 spiro atoms. The van der Waals surface area contributed by atoms with E-state index in [9.17, 15) is 4.79 Å². The molecule has 4 rings (SSSR count). The van der Waals surface area contributed by atoms with Crippen molar-refractivity contribution in [2.24, 2.45) is 0 Å². The maximum absolute atomic E-state index is 12.6. The van der Waals surface area contributed by atoms with Crippen LogP contribution in [0.2, 0.25) is 0 Å². The van der Waals surface area contributed by atoms with Crippen LogP contribution in [0.25, 0.3) is 11.3 Å². The van der Waals surface area contributed by atoms with Gasteiger partial charge in [-0.2, -0.15) is 0 Å². The topological polar surface area (TPSA) is 81.9 Å². The number of benzene rings is 2. The molecule has 7 nitrogen and oxygen atoms in total. The second kappa shape index (κ2) is 11.1. The van der Waals surface area contributed by atoms with Gasteiger partial charge in [-0.3, -0.25) is 9.36 Å². The van der Waals surface area contributed by atoms with Gasteiger partial charge in [0.15, 0.2) is 16.1 Å². The second-order valence-corrected chi connectivity index (χ2v) is 9.62. The minimum absolute atomic E-state index is 0.149. The number of nitrogens with zero attached hydrogens (tertiary/aromatic N) is 4. The molecular formula is C25H25N5O2S2. The Balaban J connectivity index is 1.38. The Morgan fingerprint density at radius 1 is 1.15 bits per heavy atom. The SMILES string of the molecule is C=CCn1c(COc2ccccc2C)nnc1SCC(=O)Nc1nc(-c2ccccc2)c(C)s1. The summed E-state index contributed by atoms with van der Waals surface area (Å²) in [5, 5.41) is 12.7. The average Bonchev–Trinajstić information content (AvgIpc) is 3.40. The van der Waals surface area contributed by atoms with Crippen LogP contribution in [0.3, 0.4) is 0 Å². The smallest absolute Gasteiger partial charge is 0.236 e. The summed E-state index contributed by atoms with van der Waals surface area (Å²) in [5.41, 5.74) is 2.97. The van der Waals surface area contributed by atoms with E-state index in [2.05, 4.69) is 27.1 Å². The largest absolute Gasteiger partial charge is 0.485 e. The fourth-order valence-electron chi connectivity index (χ4n) is 3.30. The second-order valence-electron chi connectivity index (χ2n) is 7.48. The molecule has 0 fully saturated rings. The molecule has 2 aromatic heterocycles. The number of thiazole rings is 1. The summed E-state index contributed by atoms with van der Waals surface area (Å²) in [5.74, 6) is 1.52. The number of nitrogens with one attached hydrogen (secondary N) is 1. The summed E-state index contributed by atoms with van der Waals surface area (Å²) in [7, 11) is 0. The minimum Gasteiger partial charge on any atom is -0.485 e. The van der Waals surface area contributed by atoms with Crippen LogP contribution in [-0.2, 0) is 17.9 Å². The third-order valence-corrected chi connectivity index (χ3v) is 6.83. The lowest BCUT2D eigenvalue weighted by Gasteiger charge is -2.10. The van der Waals surface area contributed by atoms with Crippen molar-refractivity contribution in [1.82, 2.24) is 19.7 Å². The fraction of sp³-hybridized carbons (Fsp3) is 0.200. The molecule has 0 unspecified atom stereocenters. The van der Waals surface area contributed by atoms with Crippen molar-refractivity contribution in [3.8, 4) is 17.0 Å². The molecule has 0 saturated carbocycles. The molecule has 0 aliphatic heterocycles. The van der Waals surface area contributed by atoms with Gasteiger partial charge in [-0.1, -0.05) is 66.4 Å². The van der Waals surface area contributed by atoms with Crippen molar-refractivity contribution in [2.45, 2.75) is 32.2 Å². The molecule has 4 aromatic rings. The lowest BCUT2D eigenvalue weighted by atomic mass is 10.1. The van der Waals surface area contributed by atoms with Gasteiger partial charge >= 0.3 is 0 Å². The Labute approximate surface area is 206 Å². The maximum atomic E-state index is 12.6. The zero-order chi connectivity index (χ0) is 23.9. The lowest BCUT2D eigenvalue weighted by molar-refractivity contribution is -0.113. The molecule has 1 N–H and O–H groups in total. The summed E-state index contributed by atoms with van der Waals surface area (Å²) >= 11 is 2.78. The number of rotatable bonds is 10. The van der Waals surface area contributed by atoms with Gasteiger partial charge in [0.2, 0.25) is 5.91 Å². The van der Waals surface area contributed by atoms with Crippen LogP contribution in [0.4, 0.5) is 5.13 Å². The summed E-state index contributed by atoms with van der Waals surface area (Å²) in [6, 6.07) is 17.8. The maximum Gasteiger partial charge on any atom is 0.236 e. The number of hydrogen-bond acceptors (Lipinski definition) is 7. The monoisotopic (exact) mass is 491 g/mol. The normalized spacial score (nSPS) is 10.8. The first-order valence-corrected chi connectivity index (χ1v) is 12.5. The number of carbonyl (C=O) groups excluding carboxylic acids is 1. The zero-order valence-corrected chi connectivity index (χ0v) is 20.7. The lowest BCUT2D eigenvalue weighted by Crippen LogP contribution is -2.15. The first-order valence-electron chi connectivity index (χ1n) is 10.7. The summed E-state index contributed by atoms with van der Waals surface area (Å²) in [6.07, 6.45) is 1.77. The van der Waals surface area contributed by atoms with Crippen LogP contribution in [0.15, 0.2) is 72.4 Å². The molecule has 1 amide bonds. The molecule has 0 bridgehead atoms. The van der Waals surface area contributed by atoms with Gasteiger partial charge in [-0.25, -0.2) is 4.98 Å². The molecule has 174 valence electrons. The summed E-state index contributed by atoms with van der Waals surface area (Å²) < 4.78 is 7.83. The van der Waals surface area contributed by atoms with Crippen molar-refractivity contribution < 1.29 is 9.53 Å². The highest BCUT2D eigenvalue weighted by Crippen LogP contribution is 2.30. The van der Waals surface area contributed by atoms with E-state index in [1.165, 1.54) is 23.1 Å². The molecule has 0 atom stereocenters. The van der Waals surface area contributed by atoms with Crippen molar-refractivity contribution in [1.29, 1.82) is 0 Å². The van der Waals surface area contributed by atoms with Crippen LogP contribution >= 0.6 is 23.1 Å². The molecule has 34 heavy (non-hydrogen) atoms. The average molecular weight is 492 g/mol. The summed E-state index contributed by atoms with van der Waals surface area (Å²) in [6.45, 7) is 8.62. The summed E-state index contributed by atoms with van der Waals surface area (Å²) in [4.78, 5) is 18.3. The molecule has 0 saturated heterocycles. The van der Waals surface area contributed by atoms with Crippen LogP contribution in [0.1, 0.15) is 16.3 Å². The number of allylic oxidation sites excluding steroid dienone is 1. The van der Waals surface area contributed by atoms with Gasteiger partial charge in [0.05, 0.1) is 11.4 Å². The van der Waals surface area contributed by atoms with E-state index in [0.29, 0.717) is 22.7 Å². The molecule has 0 aliphatic rings.